The molecular weight excluding hydrogens is 168 g/mol. The minimum absolute atomic E-state index is 0.307. The van der Waals surface area contributed by atoms with Crippen LogP contribution in [0.5, 0.6) is 11.5 Å². The Balaban J connectivity index is 2.25. The van der Waals surface area contributed by atoms with Gasteiger partial charge in [-0.1, -0.05) is 0 Å². The van der Waals surface area contributed by atoms with Crippen LogP contribution >= 0.6 is 0 Å². The fourth-order valence-corrected chi connectivity index (χ4v) is 1.13. The van der Waals surface area contributed by atoms with E-state index in [9.17, 15) is 0 Å². The van der Waals surface area contributed by atoms with Crippen LogP contribution in [0.2, 0.25) is 0 Å². The van der Waals surface area contributed by atoms with Crippen LogP contribution in [0.25, 0.3) is 0 Å². The summed E-state index contributed by atoms with van der Waals surface area (Å²) < 4.78 is 10.4. The van der Waals surface area contributed by atoms with Gasteiger partial charge >= 0.3 is 0 Å². The topological polar surface area (TPSA) is 42.9 Å². The minimum atomic E-state index is 0.307. The second kappa shape index (κ2) is 3.35. The highest BCUT2D eigenvalue weighted by molar-refractivity contribution is 5.80. The van der Waals surface area contributed by atoms with Gasteiger partial charge in [0.2, 0.25) is 6.79 Å². The van der Waals surface area contributed by atoms with Gasteiger partial charge in [-0.15, -0.1) is 0 Å². The summed E-state index contributed by atoms with van der Waals surface area (Å²) >= 11 is 0. The van der Waals surface area contributed by atoms with E-state index in [1.165, 1.54) is 0 Å². The lowest BCUT2D eigenvalue weighted by Gasteiger charge is -1.96. The predicted octanol–water partition coefficient (Wildman–Crippen LogP) is 0.969. The molecule has 0 fully saturated rings. The van der Waals surface area contributed by atoms with Crippen LogP contribution in [0.4, 0.5) is 0 Å². The zero-order valence-corrected chi connectivity index (χ0v) is 7.28. The minimum Gasteiger partial charge on any atom is -0.454 e. The van der Waals surface area contributed by atoms with Crippen LogP contribution in [-0.4, -0.2) is 20.1 Å². The molecule has 1 heterocycles. The van der Waals surface area contributed by atoms with Gasteiger partial charge in [-0.25, -0.2) is 0 Å². The molecule has 0 atom stereocenters. The monoisotopic (exact) mass is 178 g/mol. The van der Waals surface area contributed by atoms with Gasteiger partial charge in [-0.3, -0.25) is 0 Å². The maximum Gasteiger partial charge on any atom is 0.231 e. The maximum absolute atomic E-state index is 5.21. The Morgan fingerprint density at radius 1 is 1.38 bits per heavy atom. The first-order valence-electron chi connectivity index (χ1n) is 3.99. The summed E-state index contributed by atoms with van der Waals surface area (Å²) in [4.78, 5) is 0. The largest absolute Gasteiger partial charge is 0.454 e. The molecule has 0 saturated carbocycles. The van der Waals surface area contributed by atoms with Crippen LogP contribution in [0.3, 0.4) is 0 Å². The number of benzene rings is 1. The Labute approximate surface area is 76.2 Å². The lowest BCUT2D eigenvalue weighted by Crippen LogP contribution is -1.94. The number of ether oxygens (including phenoxy) is 2. The molecule has 4 nitrogen and oxygen atoms in total. The van der Waals surface area contributed by atoms with E-state index in [4.69, 9.17) is 9.47 Å². The van der Waals surface area contributed by atoms with Crippen molar-refractivity contribution in [3.8, 4) is 11.5 Å². The number of nitrogens with zero attached hydrogens (tertiary/aromatic N) is 1. The number of nitrogens with one attached hydrogen (secondary N) is 1. The molecule has 0 aliphatic carbocycles. The Morgan fingerprint density at radius 2 is 2.23 bits per heavy atom. The molecule has 0 bridgehead atoms. The molecule has 1 aromatic carbocycles. The van der Waals surface area contributed by atoms with Crippen molar-refractivity contribution in [1.29, 1.82) is 0 Å². The van der Waals surface area contributed by atoms with Crippen molar-refractivity contribution >= 4 is 6.21 Å². The van der Waals surface area contributed by atoms with Crippen molar-refractivity contribution in [3.63, 3.8) is 0 Å². The lowest BCUT2D eigenvalue weighted by molar-refractivity contribution is 0.174. The molecule has 68 valence electrons. The smallest absolute Gasteiger partial charge is 0.231 e. The molecule has 1 aliphatic rings. The summed E-state index contributed by atoms with van der Waals surface area (Å²) in [5.41, 5.74) is 3.67. The Hall–Kier alpha value is -1.71. The fourth-order valence-electron chi connectivity index (χ4n) is 1.13. The van der Waals surface area contributed by atoms with Crippen LogP contribution < -0.4 is 14.9 Å². The van der Waals surface area contributed by atoms with Gasteiger partial charge in [-0.2, -0.15) is 5.10 Å². The molecule has 1 N–H and O–H groups in total. The molecule has 0 aromatic heterocycles. The van der Waals surface area contributed by atoms with Crippen molar-refractivity contribution < 1.29 is 9.47 Å². The third kappa shape index (κ3) is 1.56. The number of hydrogen-bond acceptors (Lipinski definition) is 4. The Kier molecular flexibility index (Phi) is 2.04. The first-order valence-corrected chi connectivity index (χ1v) is 3.99. The molecule has 1 aromatic rings. The number of hydrogen-bond donors (Lipinski definition) is 1. The van der Waals surface area contributed by atoms with Gasteiger partial charge in [0, 0.05) is 7.05 Å². The van der Waals surface area contributed by atoms with E-state index in [0.717, 1.165) is 17.1 Å². The van der Waals surface area contributed by atoms with E-state index in [2.05, 4.69) is 10.5 Å². The highest BCUT2D eigenvalue weighted by Crippen LogP contribution is 2.31. The normalized spacial score (nSPS) is 13.6. The van der Waals surface area contributed by atoms with Crippen LogP contribution in [-0.2, 0) is 0 Å². The van der Waals surface area contributed by atoms with Crippen molar-refractivity contribution in [1.82, 2.24) is 5.43 Å². The molecule has 2 rings (SSSR count). The molecular formula is C9H10N2O2. The average molecular weight is 178 g/mol. The summed E-state index contributed by atoms with van der Waals surface area (Å²) in [6, 6.07) is 5.69. The second-order valence-electron chi connectivity index (χ2n) is 2.59. The average Bonchev–Trinajstić information content (AvgIpc) is 2.61. The van der Waals surface area contributed by atoms with E-state index < -0.39 is 0 Å². The number of fused-ring (bicyclic) bond motifs is 1. The molecule has 13 heavy (non-hydrogen) atoms. The first kappa shape index (κ1) is 7.91. The summed E-state index contributed by atoms with van der Waals surface area (Å²) in [6.45, 7) is 0.307. The van der Waals surface area contributed by atoms with E-state index >= 15 is 0 Å². The first-order chi connectivity index (χ1) is 6.40. The third-order valence-electron chi connectivity index (χ3n) is 1.74. The van der Waals surface area contributed by atoms with Crippen LogP contribution in [0.15, 0.2) is 23.3 Å². The zero-order chi connectivity index (χ0) is 9.10. The summed E-state index contributed by atoms with van der Waals surface area (Å²) in [5, 5.41) is 3.90. The van der Waals surface area contributed by atoms with E-state index in [1.54, 1.807) is 13.3 Å². The van der Waals surface area contributed by atoms with E-state index in [0.29, 0.717) is 6.79 Å². The summed E-state index contributed by atoms with van der Waals surface area (Å²) in [6.07, 6.45) is 1.72. The predicted molar refractivity (Wildman–Crippen MR) is 49.2 cm³/mol. The van der Waals surface area contributed by atoms with E-state index in [-0.39, 0.29) is 0 Å². The van der Waals surface area contributed by atoms with Crippen molar-refractivity contribution in [2.45, 2.75) is 0 Å². The summed E-state index contributed by atoms with van der Waals surface area (Å²) in [7, 11) is 1.75. The van der Waals surface area contributed by atoms with Crippen LogP contribution in [0.1, 0.15) is 5.56 Å². The van der Waals surface area contributed by atoms with Gasteiger partial charge in [0.05, 0.1) is 6.21 Å². The molecule has 1 aliphatic heterocycles. The molecule has 0 saturated heterocycles. The Bertz CT molecular complexity index is 336. The SMILES string of the molecule is CN/N=C\c1ccc2c(c1)OCO2. The fraction of sp³-hybridized carbons (Fsp3) is 0.222. The molecule has 0 spiro atoms. The Morgan fingerprint density at radius 3 is 3.08 bits per heavy atom. The van der Waals surface area contributed by atoms with Gasteiger partial charge < -0.3 is 14.9 Å². The maximum atomic E-state index is 5.21. The molecule has 4 heteroatoms. The highest BCUT2D eigenvalue weighted by Gasteiger charge is 2.12. The van der Waals surface area contributed by atoms with Gasteiger partial charge in [0.1, 0.15) is 0 Å². The van der Waals surface area contributed by atoms with Crippen LogP contribution in [0, 0.1) is 0 Å². The van der Waals surface area contributed by atoms with Gasteiger partial charge in [-0.05, 0) is 23.8 Å². The second-order valence-corrected chi connectivity index (χ2v) is 2.59. The van der Waals surface area contributed by atoms with Crippen molar-refractivity contribution in [2.24, 2.45) is 5.10 Å². The molecule has 0 unspecified atom stereocenters. The van der Waals surface area contributed by atoms with E-state index in [1.807, 2.05) is 18.2 Å². The lowest BCUT2D eigenvalue weighted by atomic mass is 10.2. The highest BCUT2D eigenvalue weighted by atomic mass is 16.7. The number of rotatable bonds is 2. The molecule has 0 radical (unpaired) electrons. The third-order valence-corrected chi connectivity index (χ3v) is 1.74. The summed E-state index contributed by atoms with van der Waals surface area (Å²) in [5.74, 6) is 1.57. The van der Waals surface area contributed by atoms with Gasteiger partial charge in [0.25, 0.3) is 0 Å². The zero-order valence-electron chi connectivity index (χ0n) is 7.28. The van der Waals surface area contributed by atoms with Crippen molar-refractivity contribution in [2.75, 3.05) is 13.8 Å². The standard InChI is InChI=1S/C9H10N2O2/c1-10-11-5-7-2-3-8-9(4-7)13-6-12-8/h2-5,10H,6H2,1H3/b11-5-. The molecule has 0 amide bonds. The quantitative estimate of drug-likeness (QED) is 0.542. The van der Waals surface area contributed by atoms with Crippen molar-refractivity contribution in [3.05, 3.63) is 23.8 Å². The van der Waals surface area contributed by atoms with Gasteiger partial charge in [0.15, 0.2) is 11.5 Å². The number of hydrazone groups is 1.